The van der Waals surface area contributed by atoms with Crippen LogP contribution in [0.2, 0.25) is 0 Å². The number of aromatic nitrogens is 4. The quantitative estimate of drug-likeness (QED) is 0.708. The van der Waals surface area contributed by atoms with Gasteiger partial charge in [0, 0.05) is 17.5 Å². The lowest BCUT2D eigenvalue weighted by atomic mass is 10.3. The zero-order valence-corrected chi connectivity index (χ0v) is 8.55. The van der Waals surface area contributed by atoms with Crippen molar-refractivity contribution in [3.63, 3.8) is 0 Å². The molecular formula is C9H4F2N4S. The summed E-state index contributed by atoms with van der Waals surface area (Å²) >= 11 is 1.18. The maximum atomic E-state index is 13.0. The number of benzene rings is 1. The van der Waals surface area contributed by atoms with Gasteiger partial charge in [0.2, 0.25) is 0 Å². The molecule has 3 aromatic rings. The highest BCUT2D eigenvalue weighted by Gasteiger charge is 2.11. The molecule has 0 aliphatic heterocycles. The van der Waals surface area contributed by atoms with Gasteiger partial charge in [-0.1, -0.05) is 4.49 Å². The van der Waals surface area contributed by atoms with Crippen molar-refractivity contribution in [3.8, 4) is 11.5 Å². The monoisotopic (exact) mass is 238 g/mol. The van der Waals surface area contributed by atoms with E-state index < -0.39 is 11.6 Å². The zero-order valence-electron chi connectivity index (χ0n) is 7.74. The van der Waals surface area contributed by atoms with Crippen LogP contribution >= 0.6 is 11.5 Å². The van der Waals surface area contributed by atoms with E-state index in [0.717, 1.165) is 12.1 Å². The minimum Gasteiger partial charge on any atom is -0.336 e. The predicted molar refractivity (Wildman–Crippen MR) is 54.9 cm³/mol. The molecule has 0 aliphatic carbocycles. The molecule has 0 radical (unpaired) electrons. The number of nitrogens with one attached hydrogen (secondary N) is 1. The lowest BCUT2D eigenvalue weighted by Gasteiger charge is -1.90. The van der Waals surface area contributed by atoms with E-state index in [1.165, 1.54) is 11.5 Å². The van der Waals surface area contributed by atoms with Gasteiger partial charge in [-0.05, 0) is 11.5 Å². The second-order valence-corrected chi connectivity index (χ2v) is 3.77. The molecule has 4 nitrogen and oxygen atoms in total. The third-order valence-corrected chi connectivity index (χ3v) is 2.63. The number of rotatable bonds is 1. The second kappa shape index (κ2) is 3.31. The van der Waals surface area contributed by atoms with Crippen molar-refractivity contribution in [2.24, 2.45) is 0 Å². The first-order chi connectivity index (χ1) is 7.74. The molecule has 1 N–H and O–H groups in total. The summed E-state index contributed by atoms with van der Waals surface area (Å²) in [6, 6.07) is 2.12. The van der Waals surface area contributed by atoms with Crippen LogP contribution < -0.4 is 0 Å². The Morgan fingerprint density at radius 1 is 1.19 bits per heavy atom. The summed E-state index contributed by atoms with van der Waals surface area (Å²) in [6.07, 6.45) is 0. The minimum atomic E-state index is -0.915. The van der Waals surface area contributed by atoms with E-state index in [2.05, 4.69) is 19.6 Å². The van der Waals surface area contributed by atoms with Gasteiger partial charge in [-0.2, -0.15) is 0 Å². The molecule has 0 spiro atoms. The Balaban J connectivity index is 2.23. The molecule has 0 amide bonds. The van der Waals surface area contributed by atoms with Gasteiger partial charge in [0.1, 0.15) is 5.69 Å². The number of nitrogens with zero attached hydrogens (tertiary/aromatic N) is 3. The summed E-state index contributed by atoms with van der Waals surface area (Å²) in [5.41, 5.74) is 1.35. The number of hydrogen-bond donors (Lipinski definition) is 1. The van der Waals surface area contributed by atoms with Crippen LogP contribution in [0.1, 0.15) is 0 Å². The van der Waals surface area contributed by atoms with E-state index in [-0.39, 0.29) is 0 Å². The highest BCUT2D eigenvalue weighted by molar-refractivity contribution is 7.03. The van der Waals surface area contributed by atoms with Crippen molar-refractivity contribution < 1.29 is 8.78 Å². The largest absolute Gasteiger partial charge is 0.336 e. The Hall–Kier alpha value is -1.89. The minimum absolute atomic E-state index is 0.363. The Labute approximate surface area is 92.1 Å². The molecule has 3 rings (SSSR count). The lowest BCUT2D eigenvalue weighted by Crippen LogP contribution is -1.82. The first-order valence-electron chi connectivity index (χ1n) is 4.36. The average molecular weight is 238 g/mol. The SMILES string of the molecule is Fc1cc2nc(-c3csnn3)[nH]c2cc1F. The number of H-pyrrole nitrogens is 1. The molecule has 2 aromatic heterocycles. The van der Waals surface area contributed by atoms with E-state index in [0.29, 0.717) is 22.6 Å². The third kappa shape index (κ3) is 1.36. The molecule has 7 heteroatoms. The molecule has 2 heterocycles. The van der Waals surface area contributed by atoms with Crippen molar-refractivity contribution in [1.29, 1.82) is 0 Å². The van der Waals surface area contributed by atoms with Crippen molar-refractivity contribution >= 4 is 22.6 Å². The van der Waals surface area contributed by atoms with Gasteiger partial charge in [0.15, 0.2) is 17.5 Å². The van der Waals surface area contributed by atoms with Gasteiger partial charge in [-0.25, -0.2) is 13.8 Å². The Kier molecular flexibility index (Phi) is 1.93. The molecule has 0 saturated heterocycles. The summed E-state index contributed by atoms with van der Waals surface area (Å²) in [6.45, 7) is 0. The van der Waals surface area contributed by atoms with Gasteiger partial charge in [0.05, 0.1) is 11.0 Å². The van der Waals surface area contributed by atoms with Crippen LogP contribution in [0.25, 0.3) is 22.6 Å². The molecular weight excluding hydrogens is 234 g/mol. The molecule has 80 valence electrons. The summed E-state index contributed by atoms with van der Waals surface area (Å²) in [7, 11) is 0. The third-order valence-electron chi connectivity index (χ3n) is 2.13. The van der Waals surface area contributed by atoms with Crippen molar-refractivity contribution in [1.82, 2.24) is 19.6 Å². The van der Waals surface area contributed by atoms with Crippen LogP contribution in [0.15, 0.2) is 17.5 Å². The topological polar surface area (TPSA) is 54.5 Å². The van der Waals surface area contributed by atoms with Gasteiger partial charge in [-0.3, -0.25) is 0 Å². The maximum Gasteiger partial charge on any atom is 0.161 e. The molecule has 0 saturated carbocycles. The fourth-order valence-electron chi connectivity index (χ4n) is 1.39. The molecule has 0 unspecified atom stereocenters. The number of aromatic amines is 1. The van der Waals surface area contributed by atoms with Crippen LogP contribution in [0, 0.1) is 11.6 Å². The normalized spacial score (nSPS) is 11.1. The first-order valence-corrected chi connectivity index (χ1v) is 5.20. The molecule has 0 fully saturated rings. The van der Waals surface area contributed by atoms with Crippen molar-refractivity contribution in [2.45, 2.75) is 0 Å². The summed E-state index contributed by atoms with van der Waals surface area (Å²) in [5.74, 6) is -1.37. The first kappa shape index (κ1) is 9.34. The molecule has 16 heavy (non-hydrogen) atoms. The van der Waals surface area contributed by atoms with Crippen LogP contribution in [0.4, 0.5) is 8.78 Å². The van der Waals surface area contributed by atoms with E-state index >= 15 is 0 Å². The number of hydrogen-bond acceptors (Lipinski definition) is 4. The van der Waals surface area contributed by atoms with Crippen LogP contribution in [0.3, 0.4) is 0 Å². The Morgan fingerprint density at radius 3 is 2.75 bits per heavy atom. The fourth-order valence-corrected chi connectivity index (χ4v) is 1.83. The van der Waals surface area contributed by atoms with Gasteiger partial charge in [-0.15, -0.1) is 5.10 Å². The van der Waals surface area contributed by atoms with Crippen molar-refractivity contribution in [2.75, 3.05) is 0 Å². The summed E-state index contributed by atoms with van der Waals surface area (Å²) in [5, 5.41) is 5.51. The number of fused-ring (bicyclic) bond motifs is 1. The van der Waals surface area contributed by atoms with Gasteiger partial charge >= 0.3 is 0 Å². The Morgan fingerprint density at radius 2 is 2.00 bits per heavy atom. The van der Waals surface area contributed by atoms with E-state index in [4.69, 9.17) is 0 Å². The van der Waals surface area contributed by atoms with Crippen LogP contribution in [-0.4, -0.2) is 19.6 Å². The zero-order chi connectivity index (χ0) is 11.1. The van der Waals surface area contributed by atoms with E-state index in [1.807, 2.05) is 0 Å². The van der Waals surface area contributed by atoms with Crippen molar-refractivity contribution in [3.05, 3.63) is 29.1 Å². The molecule has 0 aliphatic rings. The Bertz CT molecular complexity index is 608. The predicted octanol–water partition coefficient (Wildman–Crippen LogP) is 2.36. The second-order valence-electron chi connectivity index (χ2n) is 3.16. The summed E-state index contributed by atoms with van der Waals surface area (Å²) < 4.78 is 29.6. The summed E-state index contributed by atoms with van der Waals surface area (Å²) in [4.78, 5) is 6.95. The standard InChI is InChI=1S/C9H4F2N4S/c10-4-1-6-7(2-5(4)11)13-9(12-6)8-3-16-15-14-8/h1-3H,(H,12,13). The lowest BCUT2D eigenvalue weighted by molar-refractivity contribution is 0.510. The fraction of sp³-hybridized carbons (Fsp3) is 0. The van der Waals surface area contributed by atoms with Gasteiger partial charge in [0.25, 0.3) is 0 Å². The molecule has 1 aromatic carbocycles. The smallest absolute Gasteiger partial charge is 0.161 e. The maximum absolute atomic E-state index is 13.0. The average Bonchev–Trinajstić information content (AvgIpc) is 2.86. The van der Waals surface area contributed by atoms with E-state index in [9.17, 15) is 8.78 Å². The molecule has 0 atom stereocenters. The van der Waals surface area contributed by atoms with Gasteiger partial charge < -0.3 is 4.98 Å². The van der Waals surface area contributed by atoms with Crippen LogP contribution in [0.5, 0.6) is 0 Å². The highest BCUT2D eigenvalue weighted by atomic mass is 32.1. The van der Waals surface area contributed by atoms with E-state index in [1.54, 1.807) is 5.38 Å². The number of imidazole rings is 1. The van der Waals surface area contributed by atoms with Crippen LogP contribution in [-0.2, 0) is 0 Å². The highest BCUT2D eigenvalue weighted by Crippen LogP contribution is 2.21. The molecule has 0 bridgehead atoms. The number of halogens is 2.